The third-order valence-electron chi connectivity index (χ3n) is 1.70. The molecule has 0 unspecified atom stereocenters. The van der Waals surface area contributed by atoms with E-state index >= 15 is 0 Å². The van der Waals surface area contributed by atoms with Gasteiger partial charge in [0.2, 0.25) is 0 Å². The van der Waals surface area contributed by atoms with Gasteiger partial charge >= 0.3 is 0 Å². The number of hydrogen-bond donors (Lipinski definition) is 1. The molecule has 0 aliphatic carbocycles. The average molecular weight is 292 g/mol. The number of aromatic nitrogens is 3. The van der Waals surface area contributed by atoms with E-state index in [1.54, 1.807) is 0 Å². The van der Waals surface area contributed by atoms with Crippen LogP contribution < -0.4 is 5.73 Å². The van der Waals surface area contributed by atoms with E-state index in [9.17, 15) is 4.39 Å². The van der Waals surface area contributed by atoms with Crippen LogP contribution in [0.4, 0.5) is 10.2 Å². The van der Waals surface area contributed by atoms with E-state index in [0.29, 0.717) is 4.47 Å². The van der Waals surface area contributed by atoms with Crippen molar-refractivity contribution in [3.8, 4) is 5.82 Å². The van der Waals surface area contributed by atoms with E-state index in [0.717, 1.165) is 6.07 Å². The summed E-state index contributed by atoms with van der Waals surface area (Å²) >= 11 is 8.74. The largest absolute Gasteiger partial charge is 0.381 e. The van der Waals surface area contributed by atoms with Crippen molar-refractivity contribution in [3.05, 3.63) is 33.8 Å². The van der Waals surface area contributed by atoms with Gasteiger partial charge in [0.05, 0.1) is 9.50 Å². The third kappa shape index (κ3) is 1.95. The second kappa shape index (κ2) is 3.79. The van der Waals surface area contributed by atoms with Crippen LogP contribution in [0.5, 0.6) is 0 Å². The Morgan fingerprint density at radius 3 is 2.80 bits per heavy atom. The molecular formula is C8H5BrClFN4. The fourth-order valence-corrected chi connectivity index (χ4v) is 1.47. The van der Waals surface area contributed by atoms with E-state index in [2.05, 4.69) is 26.0 Å². The first kappa shape index (κ1) is 10.4. The van der Waals surface area contributed by atoms with Crippen LogP contribution >= 0.6 is 27.5 Å². The van der Waals surface area contributed by atoms with Gasteiger partial charge in [0.1, 0.15) is 0 Å². The minimum atomic E-state index is -0.558. The Bertz CT molecular complexity index is 494. The average Bonchev–Trinajstić information content (AvgIpc) is 2.46. The maximum atomic E-state index is 13.4. The van der Waals surface area contributed by atoms with Gasteiger partial charge in [-0.1, -0.05) is 11.6 Å². The molecule has 4 nitrogen and oxygen atoms in total. The second-order valence-electron chi connectivity index (χ2n) is 2.77. The Morgan fingerprint density at radius 1 is 1.53 bits per heavy atom. The molecule has 0 saturated carbocycles. The summed E-state index contributed by atoms with van der Waals surface area (Å²) in [7, 11) is 0. The highest BCUT2D eigenvalue weighted by molar-refractivity contribution is 9.10. The zero-order valence-electron chi connectivity index (χ0n) is 7.28. The number of rotatable bonds is 1. The van der Waals surface area contributed by atoms with Crippen LogP contribution in [0.2, 0.25) is 5.02 Å². The van der Waals surface area contributed by atoms with Crippen LogP contribution in [-0.4, -0.2) is 14.8 Å². The number of hydrogen-bond acceptors (Lipinski definition) is 3. The maximum Gasteiger partial charge on any atom is 0.189 e. The van der Waals surface area contributed by atoms with Crippen LogP contribution in [-0.2, 0) is 0 Å². The van der Waals surface area contributed by atoms with Crippen molar-refractivity contribution < 1.29 is 4.39 Å². The van der Waals surface area contributed by atoms with Crippen LogP contribution in [0.25, 0.3) is 5.82 Å². The molecular weight excluding hydrogens is 286 g/mol. The van der Waals surface area contributed by atoms with Crippen molar-refractivity contribution >= 4 is 33.3 Å². The quantitative estimate of drug-likeness (QED) is 0.878. The second-order valence-corrected chi connectivity index (χ2v) is 4.06. The summed E-state index contributed by atoms with van der Waals surface area (Å²) in [6, 6.07) is 1.16. The van der Waals surface area contributed by atoms with E-state index in [4.69, 9.17) is 17.3 Å². The van der Waals surface area contributed by atoms with Crippen molar-refractivity contribution in [2.45, 2.75) is 0 Å². The van der Waals surface area contributed by atoms with E-state index in [1.165, 1.54) is 17.1 Å². The number of nitrogens with two attached hydrogens (primary N) is 1. The van der Waals surface area contributed by atoms with Gasteiger partial charge in [-0.2, -0.15) is 0 Å². The lowest BCUT2D eigenvalue weighted by atomic mass is 10.4. The summed E-state index contributed by atoms with van der Waals surface area (Å²) in [5.41, 5.74) is 5.50. The maximum absolute atomic E-state index is 13.4. The molecule has 0 bridgehead atoms. The Balaban J connectivity index is 2.54. The van der Waals surface area contributed by atoms with Crippen molar-refractivity contribution in [2.75, 3.05) is 5.73 Å². The molecule has 2 heterocycles. The molecule has 2 rings (SSSR count). The standard InChI is InChI=1S/C8H5BrClFN4/c9-5-3-15(14-7(5)12)8-6(11)1-4(10)2-13-8/h1-3H,(H2,12,14). The monoisotopic (exact) mass is 290 g/mol. The molecule has 0 spiro atoms. The van der Waals surface area contributed by atoms with E-state index in [-0.39, 0.29) is 16.7 Å². The Labute approximate surface area is 98.0 Å². The van der Waals surface area contributed by atoms with Crippen LogP contribution in [0.3, 0.4) is 0 Å². The highest BCUT2D eigenvalue weighted by Crippen LogP contribution is 2.20. The highest BCUT2D eigenvalue weighted by Gasteiger charge is 2.10. The molecule has 0 aromatic carbocycles. The van der Waals surface area contributed by atoms with Gasteiger partial charge in [-0.15, -0.1) is 5.10 Å². The Kier molecular flexibility index (Phi) is 2.62. The zero-order valence-corrected chi connectivity index (χ0v) is 9.63. The van der Waals surface area contributed by atoms with Crippen molar-refractivity contribution in [3.63, 3.8) is 0 Å². The number of pyridine rings is 1. The van der Waals surface area contributed by atoms with Crippen LogP contribution in [0.15, 0.2) is 22.9 Å². The number of nitrogens with zero attached hydrogens (tertiary/aromatic N) is 3. The fourth-order valence-electron chi connectivity index (χ4n) is 1.05. The van der Waals surface area contributed by atoms with E-state index in [1.807, 2.05) is 0 Å². The van der Waals surface area contributed by atoms with Gasteiger partial charge in [-0.25, -0.2) is 14.1 Å². The molecule has 2 N–H and O–H groups in total. The molecule has 0 saturated heterocycles. The summed E-state index contributed by atoms with van der Waals surface area (Å²) in [6.07, 6.45) is 2.86. The predicted molar refractivity (Wildman–Crippen MR) is 58.4 cm³/mol. The molecule has 0 fully saturated rings. The number of nitrogen functional groups attached to an aromatic ring is 1. The molecule has 7 heteroatoms. The van der Waals surface area contributed by atoms with Gasteiger partial charge in [0.15, 0.2) is 17.5 Å². The lowest BCUT2D eigenvalue weighted by Gasteiger charge is -2.01. The molecule has 78 valence electrons. The normalized spacial score (nSPS) is 10.6. The number of halogens is 3. The Hall–Kier alpha value is -1.14. The van der Waals surface area contributed by atoms with Gasteiger partial charge in [-0.05, 0) is 22.0 Å². The summed E-state index contributed by atoms with van der Waals surface area (Å²) in [5, 5.41) is 4.10. The summed E-state index contributed by atoms with van der Waals surface area (Å²) in [4.78, 5) is 3.82. The fraction of sp³-hybridized carbons (Fsp3) is 0. The topological polar surface area (TPSA) is 56.7 Å². The van der Waals surface area contributed by atoms with Crippen LogP contribution in [0.1, 0.15) is 0 Å². The first-order valence-electron chi connectivity index (χ1n) is 3.90. The van der Waals surface area contributed by atoms with Crippen molar-refractivity contribution in [2.24, 2.45) is 0 Å². The summed E-state index contributed by atoms with van der Waals surface area (Å²) < 4.78 is 15.2. The molecule has 0 atom stereocenters. The lowest BCUT2D eigenvalue weighted by molar-refractivity contribution is 0.601. The summed E-state index contributed by atoms with van der Waals surface area (Å²) in [6.45, 7) is 0. The molecule has 0 radical (unpaired) electrons. The first-order chi connectivity index (χ1) is 7.08. The van der Waals surface area contributed by atoms with Crippen molar-refractivity contribution in [1.82, 2.24) is 14.8 Å². The zero-order chi connectivity index (χ0) is 11.0. The summed E-state index contributed by atoms with van der Waals surface area (Å²) in [5.74, 6) is -0.236. The van der Waals surface area contributed by atoms with Crippen molar-refractivity contribution in [1.29, 1.82) is 0 Å². The van der Waals surface area contributed by atoms with Crippen LogP contribution in [0, 0.1) is 5.82 Å². The van der Waals surface area contributed by atoms with E-state index < -0.39 is 5.82 Å². The predicted octanol–water partition coefficient (Wildman–Crippen LogP) is 2.40. The highest BCUT2D eigenvalue weighted by atomic mass is 79.9. The molecule has 2 aromatic rings. The first-order valence-corrected chi connectivity index (χ1v) is 5.07. The smallest absolute Gasteiger partial charge is 0.189 e. The molecule has 0 aliphatic rings. The van der Waals surface area contributed by atoms with Gasteiger partial charge in [-0.3, -0.25) is 0 Å². The van der Waals surface area contributed by atoms with Gasteiger partial charge < -0.3 is 5.73 Å². The minimum Gasteiger partial charge on any atom is -0.381 e. The van der Waals surface area contributed by atoms with Gasteiger partial charge in [0.25, 0.3) is 0 Å². The molecule has 0 aliphatic heterocycles. The molecule has 2 aromatic heterocycles. The molecule has 15 heavy (non-hydrogen) atoms. The minimum absolute atomic E-state index is 0.0526. The molecule has 0 amide bonds. The SMILES string of the molecule is Nc1nn(-c2ncc(Cl)cc2F)cc1Br. The number of anilines is 1. The lowest BCUT2D eigenvalue weighted by Crippen LogP contribution is -2.02. The Morgan fingerprint density at radius 2 is 2.27 bits per heavy atom. The third-order valence-corrected chi connectivity index (χ3v) is 2.52. The van der Waals surface area contributed by atoms with Gasteiger partial charge in [0, 0.05) is 12.4 Å².